The molecule has 94 valence electrons. The number of hydrogen-bond donors (Lipinski definition) is 2. The third-order valence-electron chi connectivity index (χ3n) is 2.35. The van der Waals surface area contributed by atoms with Gasteiger partial charge in [-0.2, -0.15) is 0 Å². The van der Waals surface area contributed by atoms with Gasteiger partial charge in [-0.15, -0.1) is 0 Å². The Morgan fingerprint density at radius 2 is 2.17 bits per heavy atom. The number of aliphatic carboxylic acids is 1. The lowest BCUT2D eigenvalue weighted by Crippen LogP contribution is -2.28. The highest BCUT2D eigenvalue weighted by atomic mass is 16.5. The average Bonchev–Trinajstić information content (AvgIpc) is 2.78. The van der Waals surface area contributed by atoms with Crippen LogP contribution in [0.1, 0.15) is 10.6 Å². The van der Waals surface area contributed by atoms with Gasteiger partial charge in [0.2, 0.25) is 0 Å². The number of hydrogen-bond acceptors (Lipinski definition) is 4. The zero-order valence-electron chi connectivity index (χ0n) is 9.60. The minimum atomic E-state index is -1.11. The monoisotopic (exact) mass is 249 g/mol. The van der Waals surface area contributed by atoms with E-state index in [-0.39, 0.29) is 5.76 Å². The minimum absolute atomic E-state index is 0.0690. The summed E-state index contributed by atoms with van der Waals surface area (Å²) < 4.78 is 10.4. The summed E-state index contributed by atoms with van der Waals surface area (Å²) in [5, 5.41) is 11.4. The quantitative estimate of drug-likeness (QED) is 0.851. The molecule has 18 heavy (non-hydrogen) atoms. The molecule has 0 atom stereocenters. The molecule has 0 saturated carbocycles. The second-order valence-electron chi connectivity index (χ2n) is 3.59. The van der Waals surface area contributed by atoms with E-state index in [0.29, 0.717) is 11.3 Å². The fourth-order valence-corrected chi connectivity index (χ4v) is 1.49. The van der Waals surface area contributed by atoms with Gasteiger partial charge in [-0.3, -0.25) is 9.59 Å². The van der Waals surface area contributed by atoms with Crippen LogP contribution in [0.4, 0.5) is 0 Å². The van der Waals surface area contributed by atoms with E-state index in [1.165, 1.54) is 7.11 Å². The van der Waals surface area contributed by atoms with Crippen molar-refractivity contribution in [1.82, 2.24) is 5.32 Å². The zero-order valence-corrected chi connectivity index (χ0v) is 9.60. The van der Waals surface area contributed by atoms with Gasteiger partial charge in [-0.25, -0.2) is 0 Å². The molecule has 2 rings (SSSR count). The maximum absolute atomic E-state index is 11.6. The van der Waals surface area contributed by atoms with Crippen molar-refractivity contribution in [2.45, 2.75) is 0 Å². The van der Waals surface area contributed by atoms with E-state index < -0.39 is 18.4 Å². The molecule has 2 aromatic rings. The van der Waals surface area contributed by atoms with Crippen molar-refractivity contribution in [3.63, 3.8) is 0 Å². The summed E-state index contributed by atoms with van der Waals surface area (Å²) in [6.07, 6.45) is 0. The largest absolute Gasteiger partial charge is 0.497 e. The van der Waals surface area contributed by atoms with Gasteiger partial charge in [0.15, 0.2) is 5.76 Å². The first-order valence-electron chi connectivity index (χ1n) is 5.17. The number of carboxylic acid groups (broad SMARTS) is 1. The number of carbonyl (C=O) groups excluding carboxylic acids is 1. The minimum Gasteiger partial charge on any atom is -0.497 e. The number of ether oxygens (including phenoxy) is 1. The average molecular weight is 249 g/mol. The molecule has 2 N–H and O–H groups in total. The Bertz CT molecular complexity index is 602. The number of carbonyl (C=O) groups is 2. The molecule has 0 aliphatic heterocycles. The van der Waals surface area contributed by atoms with Crippen LogP contribution in [-0.2, 0) is 4.79 Å². The molecule has 0 unspecified atom stereocenters. The number of methoxy groups -OCH3 is 1. The number of carboxylic acids is 1. The summed E-state index contributed by atoms with van der Waals surface area (Å²) in [4.78, 5) is 21.9. The predicted molar refractivity (Wildman–Crippen MR) is 62.7 cm³/mol. The van der Waals surface area contributed by atoms with Crippen molar-refractivity contribution in [1.29, 1.82) is 0 Å². The van der Waals surface area contributed by atoms with Crippen LogP contribution in [0.5, 0.6) is 5.75 Å². The van der Waals surface area contributed by atoms with Crippen LogP contribution in [0.2, 0.25) is 0 Å². The van der Waals surface area contributed by atoms with E-state index in [4.69, 9.17) is 14.3 Å². The van der Waals surface area contributed by atoms with Crippen LogP contribution in [0.25, 0.3) is 11.0 Å². The third-order valence-corrected chi connectivity index (χ3v) is 2.35. The number of nitrogens with one attached hydrogen (secondary N) is 1. The molecule has 1 heterocycles. The molecular formula is C12H11NO5. The Labute approximate surface area is 102 Å². The van der Waals surface area contributed by atoms with Gasteiger partial charge in [0, 0.05) is 11.5 Å². The van der Waals surface area contributed by atoms with Crippen molar-refractivity contribution < 1.29 is 23.8 Å². The second-order valence-corrected chi connectivity index (χ2v) is 3.59. The summed E-state index contributed by atoms with van der Waals surface area (Å²) >= 11 is 0. The van der Waals surface area contributed by atoms with Gasteiger partial charge in [0.25, 0.3) is 5.91 Å². The smallest absolute Gasteiger partial charge is 0.322 e. The SMILES string of the molecule is COc1ccc2cc(C(=O)NCC(=O)O)oc2c1. The van der Waals surface area contributed by atoms with Gasteiger partial charge in [0.05, 0.1) is 7.11 Å². The normalized spacial score (nSPS) is 10.3. The lowest BCUT2D eigenvalue weighted by Gasteiger charge is -1.98. The van der Waals surface area contributed by atoms with E-state index in [1.54, 1.807) is 24.3 Å². The molecule has 0 aliphatic rings. The topological polar surface area (TPSA) is 88.8 Å². The number of fused-ring (bicyclic) bond motifs is 1. The van der Waals surface area contributed by atoms with Crippen molar-refractivity contribution in [2.24, 2.45) is 0 Å². The third kappa shape index (κ3) is 2.42. The molecule has 1 aromatic heterocycles. The Morgan fingerprint density at radius 1 is 1.39 bits per heavy atom. The number of rotatable bonds is 4. The Hall–Kier alpha value is -2.50. The molecule has 0 spiro atoms. The van der Waals surface area contributed by atoms with Crippen LogP contribution in [-0.4, -0.2) is 30.6 Å². The van der Waals surface area contributed by atoms with E-state index in [2.05, 4.69) is 5.32 Å². The maximum Gasteiger partial charge on any atom is 0.322 e. The lowest BCUT2D eigenvalue weighted by atomic mass is 10.2. The first kappa shape index (κ1) is 12.0. The van der Waals surface area contributed by atoms with Crippen LogP contribution in [0.15, 0.2) is 28.7 Å². The molecule has 0 fully saturated rings. The zero-order chi connectivity index (χ0) is 13.1. The Kier molecular flexibility index (Phi) is 3.18. The fourth-order valence-electron chi connectivity index (χ4n) is 1.49. The van der Waals surface area contributed by atoms with Crippen LogP contribution < -0.4 is 10.1 Å². The summed E-state index contributed by atoms with van der Waals surface area (Å²) in [6, 6.07) is 6.71. The van der Waals surface area contributed by atoms with Gasteiger partial charge in [-0.05, 0) is 18.2 Å². The van der Waals surface area contributed by atoms with E-state index in [0.717, 1.165) is 5.39 Å². The van der Waals surface area contributed by atoms with Crippen molar-refractivity contribution in [2.75, 3.05) is 13.7 Å². The van der Waals surface area contributed by atoms with Crippen LogP contribution in [0, 0.1) is 0 Å². The predicted octanol–water partition coefficient (Wildman–Crippen LogP) is 1.26. The molecule has 6 nitrogen and oxygen atoms in total. The number of furan rings is 1. The Morgan fingerprint density at radius 3 is 2.83 bits per heavy atom. The second kappa shape index (κ2) is 4.79. The highest BCUT2D eigenvalue weighted by Gasteiger charge is 2.13. The van der Waals surface area contributed by atoms with Gasteiger partial charge >= 0.3 is 5.97 Å². The molecule has 1 amide bonds. The standard InChI is InChI=1S/C12H11NO5/c1-17-8-3-2-7-4-10(18-9(7)5-8)12(16)13-6-11(14)15/h2-5H,6H2,1H3,(H,13,16)(H,14,15). The lowest BCUT2D eigenvalue weighted by molar-refractivity contribution is -0.135. The van der Waals surface area contributed by atoms with E-state index in [9.17, 15) is 9.59 Å². The highest BCUT2D eigenvalue weighted by Crippen LogP contribution is 2.23. The summed E-state index contributed by atoms with van der Waals surface area (Å²) in [6.45, 7) is -0.445. The molecular weight excluding hydrogens is 238 g/mol. The van der Waals surface area contributed by atoms with Gasteiger partial charge in [-0.1, -0.05) is 0 Å². The van der Waals surface area contributed by atoms with Gasteiger partial charge in [0.1, 0.15) is 17.9 Å². The maximum atomic E-state index is 11.6. The molecule has 0 saturated heterocycles. The molecule has 0 radical (unpaired) electrons. The van der Waals surface area contributed by atoms with Crippen molar-refractivity contribution >= 4 is 22.8 Å². The van der Waals surface area contributed by atoms with Crippen LogP contribution >= 0.6 is 0 Å². The number of amides is 1. The van der Waals surface area contributed by atoms with Crippen molar-refractivity contribution in [3.05, 3.63) is 30.0 Å². The molecule has 0 aliphatic carbocycles. The van der Waals surface area contributed by atoms with Gasteiger partial charge < -0.3 is 19.6 Å². The summed E-state index contributed by atoms with van der Waals surface area (Å²) in [5.74, 6) is -0.984. The summed E-state index contributed by atoms with van der Waals surface area (Å²) in [5.41, 5.74) is 0.509. The molecule has 1 aromatic carbocycles. The Balaban J connectivity index is 2.24. The first-order chi connectivity index (χ1) is 8.60. The summed E-state index contributed by atoms with van der Waals surface area (Å²) in [7, 11) is 1.53. The van der Waals surface area contributed by atoms with Crippen LogP contribution in [0.3, 0.4) is 0 Å². The van der Waals surface area contributed by atoms with E-state index in [1.807, 2.05) is 0 Å². The molecule has 0 bridgehead atoms. The fraction of sp³-hybridized carbons (Fsp3) is 0.167. The van der Waals surface area contributed by atoms with E-state index >= 15 is 0 Å². The first-order valence-corrected chi connectivity index (χ1v) is 5.17. The highest BCUT2D eigenvalue weighted by molar-refractivity contribution is 5.97. The molecule has 6 heteroatoms. The van der Waals surface area contributed by atoms with Crippen molar-refractivity contribution in [3.8, 4) is 5.75 Å². The number of benzene rings is 1.